The van der Waals surface area contributed by atoms with E-state index in [1.54, 1.807) is 0 Å². The van der Waals surface area contributed by atoms with E-state index in [2.05, 4.69) is 46.5 Å². The van der Waals surface area contributed by atoms with Crippen LogP contribution in [0.2, 0.25) is 0 Å². The molecule has 2 aromatic carbocycles. The highest BCUT2D eigenvalue weighted by atomic mass is 15.2. The summed E-state index contributed by atoms with van der Waals surface area (Å²) in [7, 11) is 0. The van der Waals surface area contributed by atoms with Gasteiger partial charge in [-0.2, -0.15) is 0 Å². The van der Waals surface area contributed by atoms with Gasteiger partial charge in [0.15, 0.2) is 11.6 Å². The maximum atomic E-state index is 4.93. The first-order valence-electron chi connectivity index (χ1n) is 10.1. The second kappa shape index (κ2) is 7.15. The van der Waals surface area contributed by atoms with E-state index in [-0.39, 0.29) is 0 Å². The van der Waals surface area contributed by atoms with Gasteiger partial charge in [-0.15, -0.1) is 0 Å². The Bertz CT molecular complexity index is 1120. The van der Waals surface area contributed by atoms with Crippen molar-refractivity contribution in [1.29, 1.82) is 0 Å². The molecule has 3 heterocycles. The molecule has 0 saturated carbocycles. The van der Waals surface area contributed by atoms with E-state index in [1.807, 2.05) is 24.3 Å². The van der Waals surface area contributed by atoms with Crippen LogP contribution in [-0.2, 0) is 6.42 Å². The maximum Gasteiger partial charge on any atom is 0.172 e. The van der Waals surface area contributed by atoms with Gasteiger partial charge in [-0.25, -0.2) is 9.97 Å². The minimum Gasteiger partial charge on any atom is -0.367 e. The van der Waals surface area contributed by atoms with Crippen molar-refractivity contribution < 1.29 is 0 Å². The summed E-state index contributed by atoms with van der Waals surface area (Å²) >= 11 is 0. The second-order valence-electron chi connectivity index (χ2n) is 7.57. The Hall–Kier alpha value is -3.08. The number of fused-ring (bicyclic) bond motifs is 2. The number of aromatic amines is 1. The van der Waals surface area contributed by atoms with Crippen LogP contribution in [0.1, 0.15) is 24.0 Å². The lowest BCUT2D eigenvalue weighted by Gasteiger charge is -2.20. The summed E-state index contributed by atoms with van der Waals surface area (Å²) in [5.74, 6) is 1.89. The molecular formula is C23H25N5. The molecule has 0 atom stereocenters. The fraction of sp³-hybridized carbons (Fsp3) is 0.304. The number of benzene rings is 2. The Morgan fingerprint density at radius 3 is 2.61 bits per heavy atom. The number of aromatic nitrogens is 3. The third kappa shape index (κ3) is 3.07. The summed E-state index contributed by atoms with van der Waals surface area (Å²) in [5, 5.41) is 4.88. The summed E-state index contributed by atoms with van der Waals surface area (Å²) in [4.78, 5) is 15.6. The molecule has 28 heavy (non-hydrogen) atoms. The summed E-state index contributed by atoms with van der Waals surface area (Å²) in [6, 6.07) is 14.6. The van der Waals surface area contributed by atoms with Gasteiger partial charge < -0.3 is 15.2 Å². The monoisotopic (exact) mass is 371 g/mol. The van der Waals surface area contributed by atoms with E-state index in [0.29, 0.717) is 0 Å². The number of para-hydroxylation sites is 3. The molecule has 2 aromatic heterocycles. The molecule has 0 bridgehead atoms. The van der Waals surface area contributed by atoms with Crippen LogP contribution in [0.4, 0.5) is 11.6 Å². The summed E-state index contributed by atoms with van der Waals surface area (Å²) in [5.41, 5.74) is 5.76. The number of anilines is 2. The minimum atomic E-state index is 0.828. The van der Waals surface area contributed by atoms with Gasteiger partial charge in [0, 0.05) is 36.7 Å². The molecule has 1 saturated heterocycles. The van der Waals surface area contributed by atoms with E-state index in [4.69, 9.17) is 9.97 Å². The second-order valence-corrected chi connectivity index (χ2v) is 7.57. The lowest BCUT2D eigenvalue weighted by Crippen LogP contribution is -2.22. The zero-order valence-corrected chi connectivity index (χ0v) is 16.2. The largest absolute Gasteiger partial charge is 0.367 e. The molecule has 5 heteroatoms. The normalized spacial score (nSPS) is 14.2. The van der Waals surface area contributed by atoms with Gasteiger partial charge in [0.25, 0.3) is 0 Å². The van der Waals surface area contributed by atoms with Crippen LogP contribution in [0, 0.1) is 6.92 Å². The van der Waals surface area contributed by atoms with Crippen molar-refractivity contribution in [1.82, 2.24) is 15.0 Å². The number of aryl methyl sites for hydroxylation is 1. The topological polar surface area (TPSA) is 56.8 Å². The van der Waals surface area contributed by atoms with Gasteiger partial charge in [-0.3, -0.25) is 0 Å². The zero-order valence-electron chi connectivity index (χ0n) is 16.2. The van der Waals surface area contributed by atoms with Crippen LogP contribution in [0.25, 0.3) is 21.9 Å². The van der Waals surface area contributed by atoms with Gasteiger partial charge in [0.05, 0.1) is 11.0 Å². The Labute approximate surface area is 164 Å². The SMILES string of the molecule is Cc1cccc2c(CCNc3nc4ccccc4nc3N3CCCC3)c[nH]c12. The molecule has 0 radical (unpaired) electrons. The van der Waals surface area contributed by atoms with Crippen molar-refractivity contribution in [2.24, 2.45) is 0 Å². The van der Waals surface area contributed by atoms with Crippen molar-refractivity contribution in [3.63, 3.8) is 0 Å². The molecule has 2 N–H and O–H groups in total. The quantitative estimate of drug-likeness (QED) is 0.535. The van der Waals surface area contributed by atoms with Gasteiger partial charge in [-0.05, 0) is 49.4 Å². The molecule has 1 fully saturated rings. The van der Waals surface area contributed by atoms with Gasteiger partial charge in [-0.1, -0.05) is 30.3 Å². The van der Waals surface area contributed by atoms with Crippen molar-refractivity contribution in [2.75, 3.05) is 29.9 Å². The number of nitrogens with one attached hydrogen (secondary N) is 2. The van der Waals surface area contributed by atoms with Crippen LogP contribution >= 0.6 is 0 Å². The average molecular weight is 371 g/mol. The fourth-order valence-corrected chi connectivity index (χ4v) is 4.15. The van der Waals surface area contributed by atoms with Crippen molar-refractivity contribution in [3.8, 4) is 0 Å². The minimum absolute atomic E-state index is 0.828. The predicted molar refractivity (Wildman–Crippen MR) is 116 cm³/mol. The van der Waals surface area contributed by atoms with Crippen LogP contribution in [0.5, 0.6) is 0 Å². The molecule has 142 valence electrons. The predicted octanol–water partition coefficient (Wildman–Crippen LogP) is 4.67. The van der Waals surface area contributed by atoms with E-state index >= 15 is 0 Å². The molecule has 1 aliphatic heterocycles. The highest BCUT2D eigenvalue weighted by molar-refractivity contribution is 5.86. The van der Waals surface area contributed by atoms with Crippen LogP contribution in [-0.4, -0.2) is 34.6 Å². The van der Waals surface area contributed by atoms with Gasteiger partial charge in [0.1, 0.15) is 0 Å². The standard InChI is InChI=1S/C23H25N5/c1-16-7-6-8-18-17(15-25-21(16)18)11-12-24-22-23(28-13-4-5-14-28)27-20-10-3-2-9-19(20)26-22/h2-3,6-10,15,25H,4-5,11-14H2,1H3,(H,24,26). The Kier molecular flexibility index (Phi) is 4.35. The first kappa shape index (κ1) is 17.0. The number of H-pyrrole nitrogens is 1. The molecule has 0 spiro atoms. The highest BCUT2D eigenvalue weighted by Crippen LogP contribution is 2.28. The average Bonchev–Trinajstić information content (AvgIpc) is 3.39. The van der Waals surface area contributed by atoms with E-state index < -0.39 is 0 Å². The number of hydrogen-bond acceptors (Lipinski definition) is 4. The lowest BCUT2D eigenvalue weighted by atomic mass is 10.1. The van der Waals surface area contributed by atoms with E-state index in [1.165, 1.54) is 34.9 Å². The summed E-state index contributed by atoms with van der Waals surface area (Å²) in [6.45, 7) is 5.09. The van der Waals surface area contributed by atoms with E-state index in [0.717, 1.165) is 48.7 Å². The molecule has 1 aliphatic rings. The molecular weight excluding hydrogens is 346 g/mol. The third-order valence-electron chi connectivity index (χ3n) is 5.65. The summed E-state index contributed by atoms with van der Waals surface area (Å²) < 4.78 is 0. The molecule has 4 aromatic rings. The fourth-order valence-electron chi connectivity index (χ4n) is 4.15. The molecule has 0 aliphatic carbocycles. The highest BCUT2D eigenvalue weighted by Gasteiger charge is 2.19. The Morgan fingerprint density at radius 1 is 1.00 bits per heavy atom. The van der Waals surface area contributed by atoms with Crippen molar-refractivity contribution in [2.45, 2.75) is 26.2 Å². The van der Waals surface area contributed by atoms with Crippen LogP contribution in [0.15, 0.2) is 48.7 Å². The van der Waals surface area contributed by atoms with Gasteiger partial charge >= 0.3 is 0 Å². The number of nitrogens with zero attached hydrogens (tertiary/aromatic N) is 3. The Morgan fingerprint density at radius 2 is 1.79 bits per heavy atom. The Balaban J connectivity index is 1.40. The summed E-state index contributed by atoms with van der Waals surface area (Å²) in [6.07, 6.45) is 5.52. The third-order valence-corrected chi connectivity index (χ3v) is 5.65. The number of rotatable bonds is 5. The van der Waals surface area contributed by atoms with Crippen LogP contribution in [0.3, 0.4) is 0 Å². The van der Waals surface area contributed by atoms with Crippen LogP contribution < -0.4 is 10.2 Å². The zero-order chi connectivity index (χ0) is 18.9. The van der Waals surface area contributed by atoms with Gasteiger partial charge in [0.2, 0.25) is 0 Å². The maximum absolute atomic E-state index is 4.93. The molecule has 0 amide bonds. The lowest BCUT2D eigenvalue weighted by molar-refractivity contribution is 0.928. The first-order valence-corrected chi connectivity index (χ1v) is 10.1. The number of hydrogen-bond donors (Lipinski definition) is 2. The van der Waals surface area contributed by atoms with Crippen molar-refractivity contribution in [3.05, 3.63) is 59.8 Å². The smallest absolute Gasteiger partial charge is 0.172 e. The van der Waals surface area contributed by atoms with E-state index in [9.17, 15) is 0 Å². The molecule has 5 rings (SSSR count). The van der Waals surface area contributed by atoms with Crippen molar-refractivity contribution >= 4 is 33.6 Å². The molecule has 0 unspecified atom stereocenters. The first-order chi connectivity index (χ1) is 13.8. The molecule has 5 nitrogen and oxygen atoms in total.